The van der Waals surface area contributed by atoms with E-state index in [2.05, 4.69) is 11.9 Å². The average molecular weight is 260 g/mol. The number of hydrogen-bond acceptors (Lipinski definition) is 2. The predicted octanol–water partition coefficient (Wildman–Crippen LogP) is 3.31. The van der Waals surface area contributed by atoms with Gasteiger partial charge in [-0.3, -0.25) is 4.98 Å². The van der Waals surface area contributed by atoms with E-state index in [1.807, 2.05) is 6.07 Å². The summed E-state index contributed by atoms with van der Waals surface area (Å²) in [4.78, 5) is 3.99. The Morgan fingerprint density at radius 3 is 3.00 bits per heavy atom. The number of aromatic nitrogens is 1. The lowest BCUT2D eigenvalue weighted by molar-refractivity contribution is 0.0735. The Balaban J connectivity index is 2.22. The van der Waals surface area contributed by atoms with Crippen LogP contribution in [0.25, 0.3) is 0 Å². The molecule has 2 unspecified atom stereocenters. The van der Waals surface area contributed by atoms with Crippen LogP contribution in [0.15, 0.2) is 18.5 Å². The topological polar surface area (TPSA) is 22.1 Å². The van der Waals surface area contributed by atoms with Crippen LogP contribution >= 0.6 is 23.2 Å². The van der Waals surface area contributed by atoms with Crippen molar-refractivity contribution in [1.82, 2.24) is 4.98 Å². The summed E-state index contributed by atoms with van der Waals surface area (Å²) in [6.45, 7) is 2.88. The second-order valence-corrected chi connectivity index (χ2v) is 5.08. The van der Waals surface area contributed by atoms with Gasteiger partial charge < -0.3 is 4.74 Å². The van der Waals surface area contributed by atoms with E-state index >= 15 is 0 Å². The molecule has 0 saturated carbocycles. The first-order valence-electron chi connectivity index (χ1n) is 5.44. The SMILES string of the molecule is CC1OCCC1(CCl)Cc1ccncc1Cl. The van der Waals surface area contributed by atoms with Crippen molar-refractivity contribution in [1.29, 1.82) is 0 Å². The van der Waals surface area contributed by atoms with Gasteiger partial charge in [-0.2, -0.15) is 0 Å². The van der Waals surface area contributed by atoms with E-state index in [-0.39, 0.29) is 11.5 Å². The normalized spacial score (nSPS) is 29.6. The minimum absolute atomic E-state index is 0.0204. The molecule has 0 aromatic carbocycles. The summed E-state index contributed by atoms with van der Waals surface area (Å²) in [5.74, 6) is 0.604. The summed E-state index contributed by atoms with van der Waals surface area (Å²) in [7, 11) is 0. The second-order valence-electron chi connectivity index (χ2n) is 4.40. The highest BCUT2D eigenvalue weighted by Crippen LogP contribution is 2.40. The Hall–Kier alpha value is -0.310. The quantitative estimate of drug-likeness (QED) is 0.778. The highest BCUT2D eigenvalue weighted by Gasteiger charge is 2.41. The molecule has 2 nitrogen and oxygen atoms in total. The van der Waals surface area contributed by atoms with Crippen molar-refractivity contribution in [2.24, 2.45) is 5.41 Å². The number of halogens is 2. The van der Waals surface area contributed by atoms with Crippen LogP contribution in [0.4, 0.5) is 0 Å². The number of ether oxygens (including phenoxy) is 1. The molecular weight excluding hydrogens is 245 g/mol. The zero-order valence-electron chi connectivity index (χ0n) is 9.25. The molecule has 1 fully saturated rings. The molecule has 0 spiro atoms. The molecule has 1 aromatic rings. The maximum atomic E-state index is 6.12. The number of rotatable bonds is 3. The van der Waals surface area contributed by atoms with Gasteiger partial charge in [0.05, 0.1) is 11.1 Å². The monoisotopic (exact) mass is 259 g/mol. The molecule has 0 aliphatic carbocycles. The van der Waals surface area contributed by atoms with E-state index in [0.717, 1.165) is 25.0 Å². The van der Waals surface area contributed by atoms with Gasteiger partial charge in [0.25, 0.3) is 0 Å². The zero-order chi connectivity index (χ0) is 11.6. The molecule has 1 aromatic heterocycles. The Labute approximate surface area is 106 Å². The van der Waals surface area contributed by atoms with Gasteiger partial charge in [-0.05, 0) is 31.4 Å². The third kappa shape index (κ3) is 2.20. The summed E-state index contributed by atoms with van der Waals surface area (Å²) in [5, 5.41) is 0.714. The van der Waals surface area contributed by atoms with Crippen LogP contribution in [-0.2, 0) is 11.2 Å². The van der Waals surface area contributed by atoms with E-state index in [1.54, 1.807) is 12.4 Å². The highest BCUT2D eigenvalue weighted by atomic mass is 35.5. The number of alkyl halides is 1. The van der Waals surface area contributed by atoms with E-state index < -0.39 is 0 Å². The molecule has 1 aliphatic heterocycles. The lowest BCUT2D eigenvalue weighted by Crippen LogP contribution is -2.33. The van der Waals surface area contributed by atoms with Crippen molar-refractivity contribution in [3.05, 3.63) is 29.0 Å². The van der Waals surface area contributed by atoms with Crippen LogP contribution in [0, 0.1) is 5.41 Å². The lowest BCUT2D eigenvalue weighted by atomic mass is 9.78. The summed E-state index contributed by atoms with van der Waals surface area (Å²) < 4.78 is 5.63. The predicted molar refractivity (Wildman–Crippen MR) is 66.1 cm³/mol. The summed E-state index contributed by atoms with van der Waals surface area (Å²) >= 11 is 12.2. The van der Waals surface area contributed by atoms with Crippen LogP contribution in [-0.4, -0.2) is 23.6 Å². The first kappa shape index (κ1) is 12.2. The molecule has 1 aliphatic rings. The standard InChI is InChI=1S/C12H15Cl2NO/c1-9-12(8-13,3-5-16-9)6-10-2-4-15-7-11(10)14/h2,4,7,9H,3,5-6,8H2,1H3. The maximum absolute atomic E-state index is 6.12. The van der Waals surface area contributed by atoms with Gasteiger partial charge in [-0.25, -0.2) is 0 Å². The Morgan fingerprint density at radius 2 is 2.44 bits per heavy atom. The molecule has 0 N–H and O–H groups in total. The number of hydrogen-bond donors (Lipinski definition) is 0. The Bertz CT molecular complexity index is 372. The average Bonchev–Trinajstić information content (AvgIpc) is 2.64. The molecule has 0 bridgehead atoms. The number of pyridine rings is 1. The molecule has 2 atom stereocenters. The fourth-order valence-corrected chi connectivity index (χ4v) is 2.83. The molecule has 16 heavy (non-hydrogen) atoms. The van der Waals surface area contributed by atoms with Crippen LogP contribution in [0.2, 0.25) is 5.02 Å². The summed E-state index contributed by atoms with van der Waals surface area (Å²) in [6, 6.07) is 1.96. The molecule has 4 heteroatoms. The van der Waals surface area contributed by atoms with Crippen molar-refractivity contribution < 1.29 is 4.74 Å². The van der Waals surface area contributed by atoms with Gasteiger partial charge in [0.15, 0.2) is 0 Å². The lowest BCUT2D eigenvalue weighted by Gasteiger charge is -2.30. The second kappa shape index (κ2) is 4.91. The van der Waals surface area contributed by atoms with Gasteiger partial charge in [0.2, 0.25) is 0 Å². The van der Waals surface area contributed by atoms with E-state index in [0.29, 0.717) is 10.9 Å². The van der Waals surface area contributed by atoms with Gasteiger partial charge in [-0.15, -0.1) is 11.6 Å². The largest absolute Gasteiger partial charge is 0.378 e. The van der Waals surface area contributed by atoms with E-state index in [9.17, 15) is 0 Å². The summed E-state index contributed by atoms with van der Waals surface area (Å²) in [5.41, 5.74) is 1.13. The molecule has 2 heterocycles. The van der Waals surface area contributed by atoms with Crippen LogP contribution in [0.5, 0.6) is 0 Å². The highest BCUT2D eigenvalue weighted by molar-refractivity contribution is 6.31. The fraction of sp³-hybridized carbons (Fsp3) is 0.583. The summed E-state index contributed by atoms with van der Waals surface area (Å²) in [6.07, 6.45) is 5.49. The van der Waals surface area contributed by atoms with Crippen molar-refractivity contribution >= 4 is 23.2 Å². The first-order chi connectivity index (χ1) is 7.68. The minimum atomic E-state index is 0.0204. The van der Waals surface area contributed by atoms with Crippen molar-refractivity contribution in [2.45, 2.75) is 25.9 Å². The van der Waals surface area contributed by atoms with Gasteiger partial charge in [-0.1, -0.05) is 11.6 Å². The van der Waals surface area contributed by atoms with Gasteiger partial charge >= 0.3 is 0 Å². The number of nitrogens with zero attached hydrogens (tertiary/aromatic N) is 1. The van der Waals surface area contributed by atoms with Crippen LogP contribution < -0.4 is 0 Å². The fourth-order valence-electron chi connectivity index (χ4n) is 2.20. The third-order valence-corrected chi connectivity index (χ3v) is 4.37. The first-order valence-corrected chi connectivity index (χ1v) is 6.35. The van der Waals surface area contributed by atoms with Crippen LogP contribution in [0.3, 0.4) is 0 Å². The van der Waals surface area contributed by atoms with Gasteiger partial charge in [0.1, 0.15) is 0 Å². The van der Waals surface area contributed by atoms with Crippen molar-refractivity contribution in [3.8, 4) is 0 Å². The maximum Gasteiger partial charge on any atom is 0.0621 e. The molecule has 1 saturated heterocycles. The zero-order valence-corrected chi connectivity index (χ0v) is 10.8. The molecule has 0 radical (unpaired) electrons. The van der Waals surface area contributed by atoms with Crippen LogP contribution in [0.1, 0.15) is 18.9 Å². The van der Waals surface area contributed by atoms with E-state index in [4.69, 9.17) is 27.9 Å². The van der Waals surface area contributed by atoms with Crippen molar-refractivity contribution in [3.63, 3.8) is 0 Å². The van der Waals surface area contributed by atoms with E-state index in [1.165, 1.54) is 0 Å². The van der Waals surface area contributed by atoms with Gasteiger partial charge in [0, 0.05) is 30.3 Å². The van der Waals surface area contributed by atoms with Crippen molar-refractivity contribution in [2.75, 3.05) is 12.5 Å². The minimum Gasteiger partial charge on any atom is -0.378 e. The smallest absolute Gasteiger partial charge is 0.0621 e. The Morgan fingerprint density at radius 1 is 1.62 bits per heavy atom. The Kier molecular flexibility index (Phi) is 3.73. The molecule has 0 amide bonds. The third-order valence-electron chi connectivity index (χ3n) is 3.50. The molecule has 88 valence electrons. The molecule has 2 rings (SSSR count). The molecular formula is C12H15Cl2NO.